The number of carbonyl (C=O) groups is 2. The maximum Gasteiger partial charge on any atom is 0.223 e. The van der Waals surface area contributed by atoms with Crippen molar-refractivity contribution >= 4 is 17.4 Å². The van der Waals surface area contributed by atoms with Crippen molar-refractivity contribution in [1.82, 2.24) is 4.90 Å². The molecule has 1 aliphatic heterocycles. The molecular formula is C24H30N2O3. The van der Waals surface area contributed by atoms with Crippen LogP contribution in [0.3, 0.4) is 0 Å². The van der Waals surface area contributed by atoms with E-state index in [1.807, 2.05) is 32.0 Å². The minimum Gasteiger partial charge on any atom is -0.378 e. The fraction of sp³-hybridized carbons (Fsp3) is 0.417. The topological polar surface area (TPSA) is 49.9 Å². The number of aryl methyl sites for hydroxylation is 2. The first-order valence-corrected chi connectivity index (χ1v) is 10.2. The van der Waals surface area contributed by atoms with Gasteiger partial charge in [0.2, 0.25) is 5.91 Å². The summed E-state index contributed by atoms with van der Waals surface area (Å²) in [6, 6.07) is 14.0. The normalized spacial score (nSPS) is 14.0. The smallest absolute Gasteiger partial charge is 0.223 e. The van der Waals surface area contributed by atoms with Crippen LogP contribution in [-0.4, -0.2) is 49.9 Å². The molecule has 1 aliphatic rings. The van der Waals surface area contributed by atoms with Crippen LogP contribution in [0.2, 0.25) is 0 Å². The zero-order valence-electron chi connectivity index (χ0n) is 17.6. The summed E-state index contributed by atoms with van der Waals surface area (Å²) >= 11 is 0. The van der Waals surface area contributed by atoms with Crippen molar-refractivity contribution in [2.45, 2.75) is 33.2 Å². The molecular weight excluding hydrogens is 364 g/mol. The van der Waals surface area contributed by atoms with E-state index in [0.29, 0.717) is 12.1 Å². The molecule has 1 amide bonds. The number of amides is 1. The molecule has 1 heterocycles. The van der Waals surface area contributed by atoms with Crippen LogP contribution in [0.4, 0.5) is 5.69 Å². The maximum absolute atomic E-state index is 12.5. The zero-order chi connectivity index (χ0) is 20.8. The van der Waals surface area contributed by atoms with Crippen LogP contribution in [0.25, 0.3) is 0 Å². The fourth-order valence-corrected chi connectivity index (χ4v) is 3.47. The molecule has 1 fully saturated rings. The molecule has 0 atom stereocenters. The van der Waals surface area contributed by atoms with Crippen molar-refractivity contribution in [2.24, 2.45) is 0 Å². The molecule has 0 aromatic heterocycles. The second-order valence-electron chi connectivity index (χ2n) is 7.74. The molecule has 0 spiro atoms. The van der Waals surface area contributed by atoms with Crippen LogP contribution in [-0.2, 0) is 16.1 Å². The molecule has 5 nitrogen and oxygen atoms in total. The van der Waals surface area contributed by atoms with E-state index in [2.05, 4.69) is 29.2 Å². The van der Waals surface area contributed by atoms with Gasteiger partial charge >= 0.3 is 0 Å². The fourth-order valence-electron chi connectivity index (χ4n) is 3.47. The standard InChI is InChI=1S/C24H30N2O3/c1-18-4-7-21(16-19(18)2)23(27)10-11-24(28)25(3)17-20-5-8-22(9-6-20)26-12-14-29-15-13-26/h4-9,16H,10-15,17H2,1-3H3. The summed E-state index contributed by atoms with van der Waals surface area (Å²) in [6.07, 6.45) is 0.468. The second-order valence-corrected chi connectivity index (χ2v) is 7.74. The molecule has 0 unspecified atom stereocenters. The number of nitrogens with zero attached hydrogens (tertiary/aromatic N) is 2. The van der Waals surface area contributed by atoms with E-state index in [1.165, 1.54) is 5.69 Å². The van der Waals surface area contributed by atoms with Gasteiger partial charge < -0.3 is 14.5 Å². The monoisotopic (exact) mass is 394 g/mol. The van der Waals surface area contributed by atoms with Crippen LogP contribution >= 0.6 is 0 Å². The molecule has 0 aliphatic carbocycles. The van der Waals surface area contributed by atoms with Gasteiger partial charge in [0, 0.05) is 50.8 Å². The van der Waals surface area contributed by atoms with E-state index in [9.17, 15) is 9.59 Å². The van der Waals surface area contributed by atoms with Gasteiger partial charge in [-0.05, 0) is 48.7 Å². The largest absolute Gasteiger partial charge is 0.378 e. The van der Waals surface area contributed by atoms with Crippen LogP contribution in [0.5, 0.6) is 0 Å². The van der Waals surface area contributed by atoms with E-state index in [1.54, 1.807) is 11.9 Å². The van der Waals surface area contributed by atoms with E-state index < -0.39 is 0 Å². The number of hydrogen-bond donors (Lipinski definition) is 0. The summed E-state index contributed by atoms with van der Waals surface area (Å²) in [5.41, 5.74) is 5.21. The van der Waals surface area contributed by atoms with Gasteiger partial charge in [-0.2, -0.15) is 0 Å². The van der Waals surface area contributed by atoms with Crippen molar-refractivity contribution in [3.05, 3.63) is 64.7 Å². The number of benzene rings is 2. The van der Waals surface area contributed by atoms with Gasteiger partial charge in [-0.15, -0.1) is 0 Å². The number of ether oxygens (including phenoxy) is 1. The number of morpholine rings is 1. The van der Waals surface area contributed by atoms with Crippen molar-refractivity contribution < 1.29 is 14.3 Å². The molecule has 2 aromatic carbocycles. The molecule has 0 saturated carbocycles. The highest BCUT2D eigenvalue weighted by Gasteiger charge is 2.15. The highest BCUT2D eigenvalue weighted by atomic mass is 16.5. The van der Waals surface area contributed by atoms with Crippen LogP contribution in [0.1, 0.15) is 39.9 Å². The number of hydrogen-bond acceptors (Lipinski definition) is 4. The minimum atomic E-state index is -0.0144. The lowest BCUT2D eigenvalue weighted by molar-refractivity contribution is -0.130. The average molecular weight is 395 g/mol. The SMILES string of the molecule is Cc1ccc(C(=O)CCC(=O)N(C)Cc2ccc(N3CCOCC3)cc2)cc1C. The molecule has 5 heteroatoms. The van der Waals surface area contributed by atoms with Gasteiger partial charge in [0.05, 0.1) is 13.2 Å². The summed E-state index contributed by atoms with van der Waals surface area (Å²) in [5, 5.41) is 0. The second kappa shape index (κ2) is 9.70. The average Bonchev–Trinajstić information content (AvgIpc) is 2.74. The van der Waals surface area contributed by atoms with Crippen LogP contribution < -0.4 is 4.90 Å². The Hall–Kier alpha value is -2.66. The van der Waals surface area contributed by atoms with Gasteiger partial charge in [0.15, 0.2) is 5.78 Å². The molecule has 3 rings (SSSR count). The number of Topliss-reactive ketones (excluding diaryl/α,β-unsaturated/α-hetero) is 1. The van der Waals surface area contributed by atoms with Gasteiger partial charge in [-0.3, -0.25) is 9.59 Å². The molecule has 154 valence electrons. The van der Waals surface area contributed by atoms with Crippen LogP contribution in [0.15, 0.2) is 42.5 Å². The Balaban J connectivity index is 1.49. The minimum absolute atomic E-state index is 0.0144. The van der Waals surface area contributed by atoms with Gasteiger partial charge in [0.1, 0.15) is 0 Å². The quantitative estimate of drug-likeness (QED) is 0.671. The molecule has 0 radical (unpaired) electrons. The lowest BCUT2D eigenvalue weighted by Gasteiger charge is -2.29. The summed E-state index contributed by atoms with van der Waals surface area (Å²) in [4.78, 5) is 28.9. The van der Waals surface area contributed by atoms with E-state index >= 15 is 0 Å². The summed E-state index contributed by atoms with van der Waals surface area (Å²) < 4.78 is 5.39. The predicted molar refractivity (Wildman–Crippen MR) is 115 cm³/mol. The third-order valence-electron chi connectivity index (χ3n) is 5.55. The Labute approximate surface area is 173 Å². The van der Waals surface area contributed by atoms with Crippen molar-refractivity contribution in [1.29, 1.82) is 0 Å². The third kappa shape index (κ3) is 5.67. The van der Waals surface area contributed by atoms with E-state index in [4.69, 9.17) is 4.74 Å². The lowest BCUT2D eigenvalue weighted by Crippen LogP contribution is -2.36. The Bertz CT molecular complexity index is 855. The maximum atomic E-state index is 12.5. The number of anilines is 1. The zero-order valence-corrected chi connectivity index (χ0v) is 17.6. The summed E-state index contributed by atoms with van der Waals surface area (Å²) in [5.74, 6) is 0.00385. The molecule has 1 saturated heterocycles. The Morgan fingerprint density at radius 3 is 2.31 bits per heavy atom. The van der Waals surface area contributed by atoms with Crippen molar-refractivity contribution in [3.63, 3.8) is 0 Å². The molecule has 29 heavy (non-hydrogen) atoms. The van der Waals surface area contributed by atoms with Crippen molar-refractivity contribution in [3.8, 4) is 0 Å². The van der Waals surface area contributed by atoms with E-state index in [0.717, 1.165) is 43.0 Å². The van der Waals surface area contributed by atoms with Gasteiger partial charge in [-0.1, -0.05) is 24.3 Å². The first kappa shape index (κ1) is 21.1. The highest BCUT2D eigenvalue weighted by Crippen LogP contribution is 2.18. The highest BCUT2D eigenvalue weighted by molar-refractivity contribution is 5.98. The summed E-state index contributed by atoms with van der Waals surface area (Å²) in [7, 11) is 1.79. The molecule has 2 aromatic rings. The molecule has 0 N–H and O–H groups in total. The van der Waals surface area contributed by atoms with Gasteiger partial charge in [-0.25, -0.2) is 0 Å². The first-order valence-electron chi connectivity index (χ1n) is 10.2. The first-order chi connectivity index (χ1) is 13.9. The number of carbonyl (C=O) groups excluding carboxylic acids is 2. The van der Waals surface area contributed by atoms with Gasteiger partial charge in [0.25, 0.3) is 0 Å². The Morgan fingerprint density at radius 2 is 1.66 bits per heavy atom. The van der Waals surface area contributed by atoms with E-state index in [-0.39, 0.29) is 24.5 Å². The molecule has 0 bridgehead atoms. The third-order valence-corrected chi connectivity index (χ3v) is 5.55. The number of ketones is 1. The van der Waals surface area contributed by atoms with Crippen LogP contribution in [0, 0.1) is 13.8 Å². The summed E-state index contributed by atoms with van der Waals surface area (Å²) in [6.45, 7) is 7.91. The predicted octanol–water partition coefficient (Wildman–Crippen LogP) is 3.76. The lowest BCUT2D eigenvalue weighted by atomic mass is 10.0. The van der Waals surface area contributed by atoms with Crippen molar-refractivity contribution in [2.75, 3.05) is 38.3 Å². The Kier molecular flexibility index (Phi) is 7.04. The number of rotatable bonds is 7. The Morgan fingerprint density at radius 1 is 0.966 bits per heavy atom.